The lowest BCUT2D eigenvalue weighted by Gasteiger charge is -2.27. The number of fused-ring (bicyclic) bond motifs is 2. The smallest absolute Gasteiger partial charge is 0.264 e. The maximum absolute atomic E-state index is 13.2. The average Bonchev–Trinajstić information content (AvgIpc) is 3.33. The van der Waals surface area contributed by atoms with Gasteiger partial charge in [-0.25, -0.2) is 9.67 Å². The van der Waals surface area contributed by atoms with Gasteiger partial charge in [-0.3, -0.25) is 14.2 Å². The van der Waals surface area contributed by atoms with Gasteiger partial charge in [0.1, 0.15) is 11.7 Å². The zero-order valence-corrected chi connectivity index (χ0v) is 21.0. The van der Waals surface area contributed by atoms with E-state index >= 15 is 0 Å². The molecule has 1 aliphatic rings. The van der Waals surface area contributed by atoms with Gasteiger partial charge in [0.2, 0.25) is 5.91 Å². The highest BCUT2D eigenvalue weighted by Gasteiger charge is 2.25. The number of aromatic nitrogens is 4. The highest BCUT2D eigenvalue weighted by molar-refractivity contribution is 5.85. The second-order valence-electron chi connectivity index (χ2n) is 10.1. The van der Waals surface area contributed by atoms with E-state index in [1.807, 2.05) is 24.3 Å². The molecule has 7 nitrogen and oxygen atoms in total. The summed E-state index contributed by atoms with van der Waals surface area (Å²) in [6.45, 7) is 3.65. The molecule has 188 valence electrons. The largest absolute Gasteiger partial charge is 0.354 e. The first-order chi connectivity index (χ1) is 17.6. The van der Waals surface area contributed by atoms with Crippen molar-refractivity contribution >= 4 is 27.7 Å². The molecule has 0 spiro atoms. The van der Waals surface area contributed by atoms with E-state index in [1.165, 1.54) is 19.3 Å². The number of hydrogen-bond donors (Lipinski definition) is 1. The topological polar surface area (TPSA) is 81.8 Å². The summed E-state index contributed by atoms with van der Waals surface area (Å²) in [6.07, 6.45) is 11.3. The van der Waals surface area contributed by atoms with E-state index in [-0.39, 0.29) is 17.4 Å². The average molecular weight is 486 g/mol. The molecule has 1 fully saturated rings. The third-order valence-electron chi connectivity index (χ3n) is 7.65. The number of carbonyl (C=O) groups excluding carboxylic acids is 1. The van der Waals surface area contributed by atoms with Gasteiger partial charge < -0.3 is 5.32 Å². The number of nitrogens with zero attached hydrogens (tertiary/aromatic N) is 4. The number of nitrogens with one attached hydrogen (secondary N) is 1. The highest BCUT2D eigenvalue weighted by atomic mass is 16.2. The molecule has 0 aliphatic heterocycles. The summed E-state index contributed by atoms with van der Waals surface area (Å²) >= 11 is 0. The van der Waals surface area contributed by atoms with Crippen molar-refractivity contribution in [1.82, 2.24) is 24.6 Å². The van der Waals surface area contributed by atoms with Crippen LogP contribution < -0.4 is 10.9 Å². The zero-order valence-electron chi connectivity index (χ0n) is 21.0. The predicted molar refractivity (Wildman–Crippen MR) is 143 cm³/mol. The fraction of sp³-hybridized carbons (Fsp3) is 0.448. The molecule has 36 heavy (non-hydrogen) atoms. The Labute approximate surface area is 211 Å². The van der Waals surface area contributed by atoms with Crippen molar-refractivity contribution in [3.05, 3.63) is 70.9 Å². The van der Waals surface area contributed by atoms with E-state index in [2.05, 4.69) is 40.5 Å². The second-order valence-corrected chi connectivity index (χ2v) is 10.1. The Morgan fingerprint density at radius 3 is 2.69 bits per heavy atom. The molecule has 0 atom stereocenters. The molecule has 2 heterocycles. The van der Waals surface area contributed by atoms with Gasteiger partial charge in [-0.05, 0) is 47.9 Å². The van der Waals surface area contributed by atoms with Crippen molar-refractivity contribution in [2.45, 2.75) is 65.0 Å². The molecule has 1 N–H and O–H groups in total. The molecule has 0 saturated heterocycles. The zero-order chi connectivity index (χ0) is 24.9. The van der Waals surface area contributed by atoms with Crippen LogP contribution in [-0.2, 0) is 17.9 Å². The van der Waals surface area contributed by atoms with Crippen LogP contribution in [0.5, 0.6) is 0 Å². The highest BCUT2D eigenvalue weighted by Crippen LogP contribution is 2.32. The van der Waals surface area contributed by atoms with Crippen LogP contribution in [0.15, 0.2) is 59.8 Å². The Kier molecular flexibility index (Phi) is 7.44. The van der Waals surface area contributed by atoms with Crippen molar-refractivity contribution in [2.24, 2.45) is 11.8 Å². The minimum absolute atomic E-state index is 0.108. The Hall–Kier alpha value is -3.48. The maximum atomic E-state index is 13.2. The Morgan fingerprint density at radius 2 is 1.86 bits per heavy atom. The van der Waals surface area contributed by atoms with Gasteiger partial charge in [0.25, 0.3) is 5.56 Å². The Balaban J connectivity index is 1.20. The first-order valence-corrected chi connectivity index (χ1v) is 13.3. The number of carbonyl (C=O) groups is 1. The molecular weight excluding hydrogens is 450 g/mol. The summed E-state index contributed by atoms with van der Waals surface area (Å²) in [4.78, 5) is 30.4. The summed E-state index contributed by atoms with van der Waals surface area (Å²) < 4.78 is 3.34. The summed E-state index contributed by atoms with van der Waals surface area (Å²) in [5.74, 6) is 1.06. The minimum atomic E-state index is -0.108. The van der Waals surface area contributed by atoms with Crippen LogP contribution in [0, 0.1) is 11.8 Å². The van der Waals surface area contributed by atoms with E-state index in [0.29, 0.717) is 30.7 Å². The number of unbranched alkanes of at least 4 members (excludes halogenated alkanes) is 1. The van der Waals surface area contributed by atoms with Crippen molar-refractivity contribution in [1.29, 1.82) is 0 Å². The van der Waals surface area contributed by atoms with Crippen LogP contribution in [0.2, 0.25) is 0 Å². The normalized spacial score (nSPS) is 18.0. The van der Waals surface area contributed by atoms with Crippen LogP contribution in [0.4, 0.5) is 0 Å². The summed E-state index contributed by atoms with van der Waals surface area (Å²) in [6, 6.07) is 14.3. The molecule has 2 aromatic carbocycles. The molecule has 7 heteroatoms. The molecule has 0 radical (unpaired) electrons. The Morgan fingerprint density at radius 1 is 1.06 bits per heavy atom. The molecule has 0 unspecified atom stereocenters. The fourth-order valence-electron chi connectivity index (χ4n) is 5.52. The molecule has 1 amide bonds. The van der Waals surface area contributed by atoms with Crippen molar-refractivity contribution < 1.29 is 4.79 Å². The first kappa shape index (κ1) is 24.2. The first-order valence-electron chi connectivity index (χ1n) is 13.3. The molecule has 5 rings (SSSR count). The number of amides is 1. The van der Waals surface area contributed by atoms with Crippen molar-refractivity contribution in [3.8, 4) is 0 Å². The van der Waals surface area contributed by atoms with Gasteiger partial charge in [0.15, 0.2) is 5.65 Å². The predicted octanol–water partition coefficient (Wildman–Crippen LogP) is 4.91. The molecule has 1 saturated carbocycles. The van der Waals surface area contributed by atoms with E-state index < -0.39 is 0 Å². The molecule has 4 aromatic rings. The van der Waals surface area contributed by atoms with E-state index in [9.17, 15) is 9.59 Å². The van der Waals surface area contributed by atoms with Gasteiger partial charge in [-0.15, -0.1) is 0 Å². The standard InChI is InChI=1S/C29H35N5O2/c1-2-3-7-21-12-14-23(15-13-21)28(35)30-16-17-34-27-26(18-32-34)29(36)33(20-31-27)19-24-10-6-9-22-8-4-5-11-25(22)24/h4-6,8-11,18,20-21,23H,2-3,7,12-17,19H2,1H3,(H,30,35). The molecule has 1 aliphatic carbocycles. The van der Waals surface area contributed by atoms with Crippen LogP contribution >= 0.6 is 0 Å². The van der Waals surface area contributed by atoms with Gasteiger partial charge >= 0.3 is 0 Å². The molecular formula is C29H35N5O2. The Bertz CT molecular complexity index is 1390. The van der Waals surface area contributed by atoms with Crippen LogP contribution in [-0.4, -0.2) is 31.8 Å². The van der Waals surface area contributed by atoms with Crippen LogP contribution in [0.3, 0.4) is 0 Å². The van der Waals surface area contributed by atoms with Gasteiger partial charge in [-0.1, -0.05) is 68.7 Å². The summed E-state index contributed by atoms with van der Waals surface area (Å²) in [5, 5.41) is 10.2. The van der Waals surface area contributed by atoms with E-state index in [0.717, 1.165) is 47.9 Å². The van der Waals surface area contributed by atoms with E-state index in [1.54, 1.807) is 21.8 Å². The fourth-order valence-corrected chi connectivity index (χ4v) is 5.52. The monoisotopic (exact) mass is 485 g/mol. The summed E-state index contributed by atoms with van der Waals surface area (Å²) in [5.41, 5.74) is 1.52. The van der Waals surface area contributed by atoms with Crippen molar-refractivity contribution in [3.63, 3.8) is 0 Å². The van der Waals surface area contributed by atoms with Gasteiger partial charge in [-0.2, -0.15) is 5.10 Å². The molecule has 0 bridgehead atoms. The third-order valence-corrected chi connectivity index (χ3v) is 7.65. The van der Waals surface area contributed by atoms with Gasteiger partial charge in [0.05, 0.1) is 19.3 Å². The number of benzene rings is 2. The number of rotatable bonds is 9. The number of hydrogen-bond acceptors (Lipinski definition) is 4. The lowest BCUT2D eigenvalue weighted by molar-refractivity contribution is -0.126. The minimum Gasteiger partial charge on any atom is -0.354 e. The van der Waals surface area contributed by atoms with E-state index in [4.69, 9.17) is 0 Å². The van der Waals surface area contributed by atoms with Crippen LogP contribution in [0.1, 0.15) is 57.4 Å². The molecule has 2 aromatic heterocycles. The van der Waals surface area contributed by atoms with Crippen molar-refractivity contribution in [2.75, 3.05) is 6.54 Å². The SMILES string of the molecule is CCCCC1CCC(C(=O)NCCn2ncc3c(=O)n(Cc4cccc5ccccc45)cnc32)CC1. The third kappa shape index (κ3) is 5.20. The second kappa shape index (κ2) is 11.1. The lowest BCUT2D eigenvalue weighted by Crippen LogP contribution is -2.35. The maximum Gasteiger partial charge on any atom is 0.264 e. The summed E-state index contributed by atoms with van der Waals surface area (Å²) in [7, 11) is 0. The van der Waals surface area contributed by atoms with Gasteiger partial charge in [0, 0.05) is 12.5 Å². The lowest BCUT2D eigenvalue weighted by atomic mass is 9.79. The quantitative estimate of drug-likeness (QED) is 0.365. The van der Waals surface area contributed by atoms with Crippen LogP contribution in [0.25, 0.3) is 21.8 Å².